The van der Waals surface area contributed by atoms with Gasteiger partial charge in [0.15, 0.2) is 11.8 Å². The lowest BCUT2D eigenvalue weighted by molar-refractivity contribution is 0.472. The fraction of sp³-hybridized carbons (Fsp3) is 0.526. The second-order valence-corrected chi connectivity index (χ2v) is 6.48. The van der Waals surface area contributed by atoms with E-state index in [2.05, 4.69) is 65.6 Å². The zero-order valence-corrected chi connectivity index (χ0v) is 18.8. The van der Waals surface area contributed by atoms with Crippen LogP contribution in [0.25, 0.3) is 0 Å². The van der Waals surface area contributed by atoms with E-state index in [-0.39, 0.29) is 24.0 Å². The number of aryl methyl sites for hydroxylation is 2. The van der Waals surface area contributed by atoms with Crippen LogP contribution in [0.3, 0.4) is 0 Å². The zero-order valence-electron chi connectivity index (χ0n) is 16.5. The van der Waals surface area contributed by atoms with Crippen LogP contribution in [0, 0.1) is 13.8 Å². The molecule has 0 aliphatic rings. The monoisotopic (exact) mass is 470 g/mol. The van der Waals surface area contributed by atoms with Gasteiger partial charge in [-0.25, -0.2) is 4.99 Å². The Bertz CT molecular complexity index is 693. The molecule has 2 aromatic rings. The number of hydrogen-bond acceptors (Lipinski definition) is 3. The van der Waals surface area contributed by atoms with E-state index >= 15 is 0 Å². The van der Waals surface area contributed by atoms with Gasteiger partial charge in [-0.3, -0.25) is 0 Å². The first-order valence-corrected chi connectivity index (χ1v) is 8.91. The lowest BCUT2D eigenvalue weighted by Crippen LogP contribution is -2.39. The number of nitrogens with one attached hydrogen (secondary N) is 1. The first kappa shape index (κ1) is 22.4. The summed E-state index contributed by atoms with van der Waals surface area (Å²) in [5.74, 6) is 2.67. The third-order valence-corrected chi connectivity index (χ3v) is 4.27. The molecular formula is C19H31IN6. The van der Waals surface area contributed by atoms with Crippen LogP contribution in [0.5, 0.6) is 0 Å². The van der Waals surface area contributed by atoms with Crippen molar-refractivity contribution in [2.24, 2.45) is 12.0 Å². The van der Waals surface area contributed by atoms with E-state index in [1.54, 1.807) is 0 Å². The van der Waals surface area contributed by atoms with Crippen molar-refractivity contribution in [3.05, 3.63) is 47.0 Å². The summed E-state index contributed by atoms with van der Waals surface area (Å²) in [5.41, 5.74) is 2.55. The summed E-state index contributed by atoms with van der Waals surface area (Å²) in [6, 6.07) is 8.63. The average molecular weight is 470 g/mol. The molecule has 0 spiro atoms. The standard InChI is InChI=1S/C19H30N6.HI/c1-6-7-12-20-19(21-13-18-23-22-16(3)25(18)5)24(4)14-17-10-8-15(2)9-11-17;/h8-11H,6-7,12-14H2,1-5H3,(H,20,21);1H. The highest BCUT2D eigenvalue weighted by Gasteiger charge is 2.09. The van der Waals surface area contributed by atoms with Crippen LogP contribution in [0.1, 0.15) is 42.5 Å². The van der Waals surface area contributed by atoms with E-state index in [1.807, 2.05) is 18.5 Å². The van der Waals surface area contributed by atoms with Crippen LogP contribution in [-0.4, -0.2) is 39.2 Å². The van der Waals surface area contributed by atoms with Gasteiger partial charge in [0, 0.05) is 27.2 Å². The predicted octanol–water partition coefficient (Wildman–Crippen LogP) is 3.43. The highest BCUT2D eigenvalue weighted by atomic mass is 127. The molecule has 0 atom stereocenters. The minimum atomic E-state index is 0. The van der Waals surface area contributed by atoms with Crippen molar-refractivity contribution in [1.82, 2.24) is 25.0 Å². The summed E-state index contributed by atoms with van der Waals surface area (Å²) >= 11 is 0. The van der Waals surface area contributed by atoms with Gasteiger partial charge >= 0.3 is 0 Å². The molecule has 1 aromatic carbocycles. The van der Waals surface area contributed by atoms with Crippen molar-refractivity contribution in [3.63, 3.8) is 0 Å². The molecule has 144 valence electrons. The second kappa shape index (κ2) is 11.2. The minimum absolute atomic E-state index is 0. The molecule has 0 bridgehead atoms. The molecule has 26 heavy (non-hydrogen) atoms. The fourth-order valence-electron chi connectivity index (χ4n) is 2.47. The lowest BCUT2D eigenvalue weighted by Gasteiger charge is -2.22. The Kier molecular flexibility index (Phi) is 9.61. The van der Waals surface area contributed by atoms with E-state index in [9.17, 15) is 0 Å². The SMILES string of the molecule is CCCCNC(=NCc1nnc(C)n1C)N(C)Cc1ccc(C)cc1.I. The van der Waals surface area contributed by atoms with Crippen molar-refractivity contribution in [2.45, 2.75) is 46.7 Å². The predicted molar refractivity (Wildman–Crippen MR) is 118 cm³/mol. The highest BCUT2D eigenvalue weighted by Crippen LogP contribution is 2.07. The van der Waals surface area contributed by atoms with Gasteiger partial charge in [-0.2, -0.15) is 0 Å². The van der Waals surface area contributed by atoms with Crippen molar-refractivity contribution in [1.29, 1.82) is 0 Å². The third-order valence-electron chi connectivity index (χ3n) is 4.27. The van der Waals surface area contributed by atoms with Gasteiger partial charge in [0.2, 0.25) is 0 Å². The first-order chi connectivity index (χ1) is 12.0. The van der Waals surface area contributed by atoms with E-state index in [0.717, 1.165) is 43.5 Å². The summed E-state index contributed by atoms with van der Waals surface area (Å²) in [4.78, 5) is 6.92. The Morgan fingerprint density at radius 2 is 1.88 bits per heavy atom. The minimum Gasteiger partial charge on any atom is -0.356 e. The Hall–Kier alpha value is -1.64. The van der Waals surface area contributed by atoms with E-state index in [4.69, 9.17) is 4.99 Å². The molecule has 0 aliphatic carbocycles. The molecule has 0 saturated heterocycles. The van der Waals surface area contributed by atoms with Crippen LogP contribution >= 0.6 is 24.0 Å². The van der Waals surface area contributed by atoms with Gasteiger partial charge in [-0.05, 0) is 25.8 Å². The molecule has 2 rings (SSSR count). The molecule has 0 amide bonds. The number of aliphatic imine (C=N–C) groups is 1. The molecule has 7 heteroatoms. The van der Waals surface area contributed by atoms with Crippen LogP contribution in [0.15, 0.2) is 29.3 Å². The average Bonchev–Trinajstić information content (AvgIpc) is 2.92. The highest BCUT2D eigenvalue weighted by molar-refractivity contribution is 14.0. The number of benzene rings is 1. The summed E-state index contributed by atoms with van der Waals surface area (Å²) in [7, 11) is 4.04. The maximum atomic E-state index is 4.76. The smallest absolute Gasteiger partial charge is 0.194 e. The first-order valence-electron chi connectivity index (χ1n) is 8.91. The Labute approximate surface area is 174 Å². The topological polar surface area (TPSA) is 58.3 Å². The molecule has 0 aliphatic heterocycles. The fourth-order valence-corrected chi connectivity index (χ4v) is 2.47. The summed E-state index contributed by atoms with van der Waals surface area (Å²) in [6.07, 6.45) is 2.28. The summed E-state index contributed by atoms with van der Waals surface area (Å²) in [6.45, 7) is 8.50. The van der Waals surface area contributed by atoms with Crippen LogP contribution < -0.4 is 5.32 Å². The van der Waals surface area contributed by atoms with E-state index in [0.29, 0.717) is 6.54 Å². The van der Waals surface area contributed by atoms with E-state index in [1.165, 1.54) is 11.1 Å². The molecule has 6 nitrogen and oxygen atoms in total. The van der Waals surface area contributed by atoms with Gasteiger partial charge < -0.3 is 14.8 Å². The largest absolute Gasteiger partial charge is 0.356 e. The van der Waals surface area contributed by atoms with Crippen molar-refractivity contribution in [2.75, 3.05) is 13.6 Å². The molecule has 0 fully saturated rings. The normalized spacial score (nSPS) is 11.2. The Balaban J connectivity index is 0.00000338. The van der Waals surface area contributed by atoms with Gasteiger partial charge in [0.1, 0.15) is 12.4 Å². The number of nitrogens with zero attached hydrogens (tertiary/aromatic N) is 5. The maximum absolute atomic E-state index is 4.76. The van der Waals surface area contributed by atoms with Crippen molar-refractivity contribution < 1.29 is 0 Å². The molecule has 0 unspecified atom stereocenters. The number of halogens is 1. The lowest BCUT2D eigenvalue weighted by atomic mass is 10.1. The van der Waals surface area contributed by atoms with Crippen molar-refractivity contribution in [3.8, 4) is 0 Å². The third kappa shape index (κ3) is 6.59. The zero-order chi connectivity index (χ0) is 18.2. The van der Waals surface area contributed by atoms with Gasteiger partial charge in [-0.1, -0.05) is 43.2 Å². The number of aromatic nitrogens is 3. The van der Waals surface area contributed by atoms with E-state index < -0.39 is 0 Å². The summed E-state index contributed by atoms with van der Waals surface area (Å²) < 4.78 is 1.98. The van der Waals surface area contributed by atoms with Gasteiger partial charge in [0.05, 0.1) is 0 Å². The number of unbranched alkanes of at least 4 members (excludes halogenated alkanes) is 1. The molecule has 1 heterocycles. The molecular weight excluding hydrogens is 439 g/mol. The molecule has 1 N–H and O–H groups in total. The van der Waals surface area contributed by atoms with Crippen LogP contribution in [0.2, 0.25) is 0 Å². The Morgan fingerprint density at radius 1 is 1.19 bits per heavy atom. The Morgan fingerprint density at radius 3 is 2.46 bits per heavy atom. The maximum Gasteiger partial charge on any atom is 0.194 e. The van der Waals surface area contributed by atoms with Crippen LogP contribution in [-0.2, 0) is 20.1 Å². The second-order valence-electron chi connectivity index (χ2n) is 6.48. The molecule has 0 saturated carbocycles. The van der Waals surface area contributed by atoms with Crippen molar-refractivity contribution >= 4 is 29.9 Å². The quantitative estimate of drug-likeness (QED) is 0.292. The van der Waals surface area contributed by atoms with Gasteiger partial charge in [0.25, 0.3) is 0 Å². The number of guanidine groups is 1. The molecule has 1 aromatic heterocycles. The van der Waals surface area contributed by atoms with Crippen LogP contribution in [0.4, 0.5) is 0 Å². The van der Waals surface area contributed by atoms with Gasteiger partial charge in [-0.15, -0.1) is 34.2 Å². The summed E-state index contributed by atoms with van der Waals surface area (Å²) in [5, 5.41) is 11.8. The number of rotatable bonds is 7. The molecule has 0 radical (unpaired) electrons. The number of hydrogen-bond donors (Lipinski definition) is 1.